The molecule has 4 aromatic rings. The number of hydrogen-bond acceptors (Lipinski definition) is 2. The number of fused-ring (bicyclic) bond motifs is 5. The largest absolute Gasteiger partial charge is 0.356 e. The van der Waals surface area contributed by atoms with E-state index in [9.17, 15) is 4.79 Å². The fourth-order valence-corrected chi connectivity index (χ4v) is 6.00. The number of carbonyl (C=O) groups is 1. The van der Waals surface area contributed by atoms with Crippen molar-refractivity contribution in [3.8, 4) is 0 Å². The molecule has 1 aromatic heterocycles. The Balaban J connectivity index is 1.76. The quantitative estimate of drug-likeness (QED) is 0.362. The minimum atomic E-state index is -1.01. The van der Waals surface area contributed by atoms with Crippen molar-refractivity contribution in [2.45, 2.75) is 11.5 Å². The highest BCUT2D eigenvalue weighted by atomic mass is 79.9. The van der Waals surface area contributed by atoms with Gasteiger partial charge < -0.3 is 15.2 Å². The molecule has 3 aromatic carbocycles. The van der Waals surface area contributed by atoms with Crippen LogP contribution in [0.1, 0.15) is 28.3 Å². The van der Waals surface area contributed by atoms with E-state index in [4.69, 9.17) is 12.2 Å². The van der Waals surface area contributed by atoms with Gasteiger partial charge in [0.2, 0.25) is 0 Å². The number of para-hydroxylation sites is 2. The Morgan fingerprint density at radius 3 is 2.65 bits per heavy atom. The summed E-state index contributed by atoms with van der Waals surface area (Å²) < 4.78 is 0.974. The number of benzene rings is 3. The molecule has 1 spiro atoms. The van der Waals surface area contributed by atoms with Gasteiger partial charge in [0.25, 0.3) is 5.91 Å². The Bertz CT molecular complexity index is 1410. The monoisotopic (exact) mass is 487 g/mol. The van der Waals surface area contributed by atoms with E-state index in [1.165, 1.54) is 0 Å². The first kappa shape index (κ1) is 18.8. The minimum absolute atomic E-state index is 0.00282. The summed E-state index contributed by atoms with van der Waals surface area (Å²) in [5.41, 5.74) is 4.86. The van der Waals surface area contributed by atoms with Gasteiger partial charge in [-0.25, -0.2) is 0 Å². The van der Waals surface area contributed by atoms with E-state index in [0.717, 1.165) is 43.4 Å². The molecule has 31 heavy (non-hydrogen) atoms. The topological polar surface area (TPSA) is 48.1 Å². The molecule has 0 fully saturated rings. The molecule has 3 heterocycles. The highest BCUT2D eigenvalue weighted by Crippen LogP contribution is 2.54. The van der Waals surface area contributed by atoms with Crippen molar-refractivity contribution in [3.05, 3.63) is 99.7 Å². The Morgan fingerprint density at radius 2 is 1.81 bits per heavy atom. The molecule has 0 aliphatic carbocycles. The summed E-state index contributed by atoms with van der Waals surface area (Å²) in [7, 11) is 1.84. The molecule has 2 atom stereocenters. The van der Waals surface area contributed by atoms with Gasteiger partial charge in [-0.2, -0.15) is 0 Å². The number of H-pyrrole nitrogens is 1. The van der Waals surface area contributed by atoms with Gasteiger partial charge in [-0.15, -0.1) is 0 Å². The number of nitrogens with zero attached hydrogens (tertiary/aromatic N) is 1. The molecule has 0 bridgehead atoms. The minimum Gasteiger partial charge on any atom is -0.356 e. The van der Waals surface area contributed by atoms with Crippen LogP contribution in [0.3, 0.4) is 0 Å². The number of amides is 1. The lowest BCUT2D eigenvalue weighted by atomic mass is 9.69. The lowest BCUT2D eigenvalue weighted by Crippen LogP contribution is -2.59. The van der Waals surface area contributed by atoms with E-state index in [0.29, 0.717) is 4.99 Å². The van der Waals surface area contributed by atoms with Crippen LogP contribution in [0.4, 0.5) is 5.69 Å². The fraction of sp³-hybridized carbons (Fsp3) is 0.120. The fourth-order valence-electron chi connectivity index (χ4n) is 5.26. The second-order valence-corrected chi connectivity index (χ2v) is 9.41. The average molecular weight is 488 g/mol. The molecule has 4 nitrogen and oxygen atoms in total. The Kier molecular flexibility index (Phi) is 3.95. The second-order valence-electron chi connectivity index (χ2n) is 8.09. The molecular formula is C25H18BrN3OS. The van der Waals surface area contributed by atoms with Crippen molar-refractivity contribution in [2.24, 2.45) is 0 Å². The van der Waals surface area contributed by atoms with Crippen LogP contribution in [-0.2, 0) is 10.3 Å². The first-order valence-corrected chi connectivity index (χ1v) is 11.3. The van der Waals surface area contributed by atoms with Gasteiger partial charge in [-0.3, -0.25) is 4.79 Å². The maximum absolute atomic E-state index is 14.0. The third-order valence-electron chi connectivity index (χ3n) is 6.52. The molecule has 2 N–H and O–H groups in total. The molecule has 0 saturated carbocycles. The summed E-state index contributed by atoms with van der Waals surface area (Å²) in [6, 6.07) is 24.4. The first-order valence-electron chi connectivity index (χ1n) is 10.1. The van der Waals surface area contributed by atoms with Gasteiger partial charge >= 0.3 is 0 Å². The van der Waals surface area contributed by atoms with Gasteiger partial charge in [-0.1, -0.05) is 76.7 Å². The molecule has 152 valence electrons. The Labute approximate surface area is 193 Å². The predicted molar refractivity (Wildman–Crippen MR) is 131 cm³/mol. The van der Waals surface area contributed by atoms with Gasteiger partial charge in [0.15, 0.2) is 5.54 Å². The number of aromatic nitrogens is 1. The zero-order valence-corrected chi connectivity index (χ0v) is 19.0. The zero-order valence-electron chi connectivity index (χ0n) is 16.6. The summed E-state index contributed by atoms with van der Waals surface area (Å²) in [6.45, 7) is 0. The van der Waals surface area contributed by atoms with Crippen molar-refractivity contribution in [1.29, 1.82) is 0 Å². The molecule has 2 aliphatic heterocycles. The third kappa shape index (κ3) is 2.40. The van der Waals surface area contributed by atoms with E-state index >= 15 is 0 Å². The number of anilines is 1. The van der Waals surface area contributed by atoms with Gasteiger partial charge in [0.05, 0.1) is 5.69 Å². The molecule has 6 heteroatoms. The highest BCUT2D eigenvalue weighted by molar-refractivity contribution is 9.10. The molecule has 2 unspecified atom stereocenters. The summed E-state index contributed by atoms with van der Waals surface area (Å²) in [6.07, 6.45) is 0. The van der Waals surface area contributed by atoms with E-state index < -0.39 is 5.54 Å². The number of halogens is 1. The smallest absolute Gasteiger partial charge is 0.258 e. The number of carbonyl (C=O) groups excluding carboxylic acids is 1. The molecule has 1 amide bonds. The summed E-state index contributed by atoms with van der Waals surface area (Å²) in [4.78, 5) is 19.8. The van der Waals surface area contributed by atoms with Crippen LogP contribution in [0, 0.1) is 0 Å². The molecule has 6 rings (SSSR count). The van der Waals surface area contributed by atoms with E-state index in [1.807, 2.05) is 55.6 Å². The van der Waals surface area contributed by atoms with Crippen LogP contribution >= 0.6 is 28.1 Å². The van der Waals surface area contributed by atoms with E-state index in [-0.39, 0.29) is 11.8 Å². The number of likely N-dealkylation sites (N-methyl/N-ethyl adjacent to an activating group) is 1. The van der Waals surface area contributed by atoms with Crippen LogP contribution in [0.15, 0.2) is 77.3 Å². The maximum Gasteiger partial charge on any atom is 0.258 e. The van der Waals surface area contributed by atoms with Crippen LogP contribution in [-0.4, -0.2) is 22.9 Å². The first-order chi connectivity index (χ1) is 15.0. The SMILES string of the molecule is CN1C(=O)C2(NC(=S)c3[nH]c4ccccc4c3C2c2cccc(Br)c2)c2ccccc21. The summed E-state index contributed by atoms with van der Waals surface area (Å²) in [5, 5.41) is 4.60. The number of nitrogens with one attached hydrogen (secondary N) is 2. The third-order valence-corrected chi connectivity index (χ3v) is 7.32. The van der Waals surface area contributed by atoms with Crippen molar-refractivity contribution in [3.63, 3.8) is 0 Å². The van der Waals surface area contributed by atoms with Crippen molar-refractivity contribution < 1.29 is 4.79 Å². The lowest BCUT2D eigenvalue weighted by Gasteiger charge is -2.42. The molecule has 0 radical (unpaired) electrons. The lowest BCUT2D eigenvalue weighted by molar-refractivity contribution is -0.124. The normalized spacial score (nSPS) is 22.0. The van der Waals surface area contributed by atoms with Gasteiger partial charge in [-0.05, 0) is 35.4 Å². The highest BCUT2D eigenvalue weighted by Gasteiger charge is 2.59. The standard InChI is InChI=1S/C25H18BrN3OS/c1-29-19-12-5-3-10-17(19)25(24(29)30)21(14-7-6-8-15(26)13-14)20-16-9-2-4-11-18(16)27-22(20)23(31)28-25/h2-13,21,27H,1H3,(H,28,31). The second kappa shape index (κ2) is 6.52. The number of rotatable bonds is 1. The number of thiocarbonyl (C=S) groups is 1. The summed E-state index contributed by atoms with van der Waals surface area (Å²) in [5.74, 6) is -0.265. The predicted octanol–water partition coefficient (Wildman–Crippen LogP) is 5.21. The van der Waals surface area contributed by atoms with Crippen LogP contribution in [0.5, 0.6) is 0 Å². The number of hydrogen-bond donors (Lipinski definition) is 2. The number of aromatic amines is 1. The van der Waals surface area contributed by atoms with Crippen LogP contribution < -0.4 is 10.2 Å². The Hall–Kier alpha value is -2.96. The average Bonchev–Trinajstić information content (AvgIpc) is 3.26. The molecule has 0 saturated heterocycles. The molecule has 2 aliphatic rings. The van der Waals surface area contributed by atoms with Crippen molar-refractivity contribution in [1.82, 2.24) is 10.3 Å². The maximum atomic E-state index is 14.0. The summed E-state index contributed by atoms with van der Waals surface area (Å²) >= 11 is 9.47. The van der Waals surface area contributed by atoms with Crippen LogP contribution in [0.2, 0.25) is 0 Å². The van der Waals surface area contributed by atoms with Gasteiger partial charge in [0.1, 0.15) is 4.99 Å². The zero-order chi connectivity index (χ0) is 21.3. The van der Waals surface area contributed by atoms with E-state index in [2.05, 4.69) is 50.5 Å². The van der Waals surface area contributed by atoms with Crippen LogP contribution in [0.25, 0.3) is 10.9 Å². The van der Waals surface area contributed by atoms with E-state index in [1.54, 1.807) is 4.90 Å². The molecular weight excluding hydrogens is 470 g/mol. The van der Waals surface area contributed by atoms with Crippen molar-refractivity contribution in [2.75, 3.05) is 11.9 Å². The Morgan fingerprint density at radius 1 is 1.03 bits per heavy atom. The van der Waals surface area contributed by atoms with Crippen molar-refractivity contribution >= 4 is 55.6 Å². The van der Waals surface area contributed by atoms with Gasteiger partial charge in [0, 0.05) is 39.6 Å².